The third-order valence-corrected chi connectivity index (χ3v) is 5.95. The van der Waals surface area contributed by atoms with Gasteiger partial charge in [-0.15, -0.1) is 5.10 Å². The minimum atomic E-state index is -0.678. The fourth-order valence-corrected chi connectivity index (χ4v) is 4.62. The van der Waals surface area contributed by atoms with E-state index in [0.717, 1.165) is 35.2 Å². The number of nitriles is 1. The molecule has 6 heteroatoms. The van der Waals surface area contributed by atoms with Crippen LogP contribution in [-0.2, 0) is 13.0 Å². The highest BCUT2D eigenvalue weighted by atomic mass is 16.5. The van der Waals surface area contributed by atoms with Gasteiger partial charge in [0.05, 0.1) is 6.07 Å². The number of H-pyrrole nitrogens is 1. The van der Waals surface area contributed by atoms with E-state index in [1.165, 1.54) is 16.4 Å². The molecule has 2 unspecified atom stereocenters. The molecule has 0 aliphatic carbocycles. The Kier molecular flexibility index (Phi) is 3.92. The summed E-state index contributed by atoms with van der Waals surface area (Å²) in [6, 6.07) is 17.1. The molecule has 2 aromatic carbocycles. The number of aromatic amines is 1. The number of rotatable bonds is 3. The van der Waals surface area contributed by atoms with Crippen molar-refractivity contribution in [3.05, 3.63) is 59.3 Å². The largest absolute Gasteiger partial charge is 0.422 e. The average molecular weight is 383 g/mol. The van der Waals surface area contributed by atoms with Crippen molar-refractivity contribution < 1.29 is 4.74 Å². The molecule has 1 aliphatic rings. The van der Waals surface area contributed by atoms with Gasteiger partial charge in [0.1, 0.15) is 5.92 Å². The molecule has 0 spiro atoms. The van der Waals surface area contributed by atoms with Crippen LogP contribution < -0.4 is 4.74 Å². The third-order valence-electron chi connectivity index (χ3n) is 5.95. The van der Waals surface area contributed by atoms with Crippen molar-refractivity contribution in [1.82, 2.24) is 14.8 Å². The maximum absolute atomic E-state index is 9.84. The minimum absolute atomic E-state index is 0.0461. The van der Waals surface area contributed by atoms with Gasteiger partial charge in [-0.25, -0.2) is 0 Å². The molecular formula is C23H21N5O. The zero-order valence-corrected chi connectivity index (χ0v) is 16.4. The highest BCUT2D eigenvalue weighted by Crippen LogP contribution is 2.44. The molecule has 3 heterocycles. The van der Waals surface area contributed by atoms with Gasteiger partial charge >= 0.3 is 0 Å². The van der Waals surface area contributed by atoms with E-state index < -0.39 is 5.92 Å². The quantitative estimate of drug-likeness (QED) is 0.535. The number of hydrogen-bond donors (Lipinski definition) is 2. The van der Waals surface area contributed by atoms with Gasteiger partial charge in [0.15, 0.2) is 0 Å². The fourth-order valence-electron chi connectivity index (χ4n) is 4.62. The standard InChI is InChI=1S/C23H21N5O/c1-3-17-21-20(16(12-24)22(25)29-23(21)27-26-17)13-9-10-19-15(11-13)14-7-5-6-8-18(14)28(19)4-2/h5-11,16,20,25H,3-4H2,1-2H3,(H,26,27). The van der Waals surface area contributed by atoms with Crippen molar-refractivity contribution in [2.45, 2.75) is 32.7 Å². The van der Waals surface area contributed by atoms with Crippen LogP contribution in [0.4, 0.5) is 0 Å². The van der Waals surface area contributed by atoms with Gasteiger partial charge in [-0.3, -0.25) is 10.5 Å². The summed E-state index contributed by atoms with van der Waals surface area (Å²) in [4.78, 5) is 0. The third kappa shape index (κ3) is 2.40. The molecule has 0 bridgehead atoms. The molecular weight excluding hydrogens is 362 g/mol. The second-order valence-corrected chi connectivity index (χ2v) is 7.36. The lowest BCUT2D eigenvalue weighted by Crippen LogP contribution is -2.31. The maximum atomic E-state index is 9.84. The second-order valence-electron chi connectivity index (χ2n) is 7.36. The van der Waals surface area contributed by atoms with Crippen LogP contribution in [0.1, 0.15) is 36.6 Å². The predicted molar refractivity (Wildman–Crippen MR) is 112 cm³/mol. The van der Waals surface area contributed by atoms with Gasteiger partial charge < -0.3 is 9.30 Å². The molecule has 0 amide bonds. The van der Waals surface area contributed by atoms with Crippen LogP contribution in [-0.4, -0.2) is 20.7 Å². The van der Waals surface area contributed by atoms with Crippen molar-refractivity contribution in [2.24, 2.45) is 5.92 Å². The molecule has 2 N–H and O–H groups in total. The van der Waals surface area contributed by atoms with Gasteiger partial charge in [-0.05, 0) is 37.1 Å². The molecule has 2 atom stereocenters. The summed E-state index contributed by atoms with van der Waals surface area (Å²) in [6.07, 6.45) is 0.755. The first-order chi connectivity index (χ1) is 14.2. The van der Waals surface area contributed by atoms with E-state index in [0.29, 0.717) is 5.88 Å². The lowest BCUT2D eigenvalue weighted by atomic mass is 9.79. The van der Waals surface area contributed by atoms with Crippen molar-refractivity contribution in [3.8, 4) is 11.9 Å². The molecule has 4 aromatic rings. The first-order valence-corrected chi connectivity index (χ1v) is 9.91. The normalized spacial score (nSPS) is 18.6. The van der Waals surface area contributed by atoms with Crippen LogP contribution in [0.5, 0.6) is 5.88 Å². The van der Waals surface area contributed by atoms with E-state index in [1.807, 2.05) is 6.92 Å². The summed E-state index contributed by atoms with van der Waals surface area (Å²) in [5, 5.41) is 27.7. The second kappa shape index (κ2) is 6.49. The maximum Gasteiger partial charge on any atom is 0.243 e. The highest BCUT2D eigenvalue weighted by molar-refractivity contribution is 6.08. The van der Waals surface area contributed by atoms with Crippen LogP contribution in [0.2, 0.25) is 0 Å². The van der Waals surface area contributed by atoms with Gasteiger partial charge in [0, 0.05) is 45.5 Å². The van der Waals surface area contributed by atoms with Crippen molar-refractivity contribution >= 4 is 27.7 Å². The zero-order chi connectivity index (χ0) is 20.1. The molecule has 0 saturated heterocycles. The number of aryl methyl sites for hydroxylation is 2. The van der Waals surface area contributed by atoms with Gasteiger partial charge in [-0.1, -0.05) is 31.2 Å². The van der Waals surface area contributed by atoms with Crippen molar-refractivity contribution in [1.29, 1.82) is 10.7 Å². The Bertz CT molecular complexity index is 1310. The lowest BCUT2D eigenvalue weighted by Gasteiger charge is -2.28. The molecule has 1 aliphatic heterocycles. The van der Waals surface area contributed by atoms with Crippen LogP contribution in [0.15, 0.2) is 42.5 Å². The number of nitrogens with one attached hydrogen (secondary N) is 2. The van der Waals surface area contributed by atoms with Gasteiger partial charge in [0.25, 0.3) is 0 Å². The molecule has 144 valence electrons. The average Bonchev–Trinajstić information content (AvgIpc) is 3.30. The van der Waals surface area contributed by atoms with Crippen LogP contribution in [0.25, 0.3) is 21.8 Å². The Hall–Kier alpha value is -3.59. The van der Waals surface area contributed by atoms with Crippen LogP contribution in [0.3, 0.4) is 0 Å². The summed E-state index contributed by atoms with van der Waals surface area (Å²) < 4.78 is 7.87. The molecule has 0 radical (unpaired) electrons. The molecule has 6 nitrogen and oxygen atoms in total. The predicted octanol–water partition coefficient (Wildman–Crippen LogP) is 4.74. The van der Waals surface area contributed by atoms with Gasteiger partial charge in [-0.2, -0.15) is 5.26 Å². The van der Waals surface area contributed by atoms with Crippen molar-refractivity contribution in [3.63, 3.8) is 0 Å². The topological polar surface area (TPSA) is 90.5 Å². The summed E-state index contributed by atoms with van der Waals surface area (Å²) >= 11 is 0. The first kappa shape index (κ1) is 17.5. The zero-order valence-electron chi connectivity index (χ0n) is 16.4. The Morgan fingerprint density at radius 3 is 2.72 bits per heavy atom. The Labute approximate surface area is 168 Å². The first-order valence-electron chi connectivity index (χ1n) is 9.91. The summed E-state index contributed by atoms with van der Waals surface area (Å²) in [5.41, 5.74) is 5.24. The minimum Gasteiger partial charge on any atom is -0.422 e. The lowest BCUT2D eigenvalue weighted by molar-refractivity contribution is 0.436. The number of para-hydroxylation sites is 1. The molecule has 29 heavy (non-hydrogen) atoms. The number of benzene rings is 2. The number of fused-ring (bicyclic) bond motifs is 4. The van der Waals surface area contributed by atoms with E-state index >= 15 is 0 Å². The number of ether oxygens (including phenoxy) is 1. The Morgan fingerprint density at radius 2 is 1.97 bits per heavy atom. The Balaban J connectivity index is 1.79. The van der Waals surface area contributed by atoms with E-state index in [-0.39, 0.29) is 11.8 Å². The summed E-state index contributed by atoms with van der Waals surface area (Å²) in [6.45, 7) is 5.08. The number of hydrogen-bond acceptors (Lipinski definition) is 4. The fraction of sp³-hybridized carbons (Fsp3) is 0.261. The van der Waals surface area contributed by atoms with Crippen LogP contribution >= 0.6 is 0 Å². The molecule has 0 fully saturated rings. The smallest absolute Gasteiger partial charge is 0.243 e. The number of nitrogens with zero attached hydrogens (tertiary/aromatic N) is 3. The van der Waals surface area contributed by atoms with Crippen molar-refractivity contribution in [2.75, 3.05) is 0 Å². The van der Waals surface area contributed by atoms with E-state index in [2.05, 4.69) is 70.2 Å². The van der Waals surface area contributed by atoms with E-state index in [4.69, 9.17) is 10.1 Å². The highest BCUT2D eigenvalue weighted by Gasteiger charge is 2.40. The molecule has 0 saturated carbocycles. The van der Waals surface area contributed by atoms with Gasteiger partial charge in [0.2, 0.25) is 11.8 Å². The molecule has 5 rings (SSSR count). The SMILES string of the molecule is CCc1[nH]nc2c1C(c1ccc3c(c1)c1ccccc1n3CC)C(C#N)C(=N)O2. The van der Waals surface area contributed by atoms with E-state index in [1.54, 1.807) is 0 Å². The van der Waals surface area contributed by atoms with E-state index in [9.17, 15) is 5.26 Å². The summed E-state index contributed by atoms with van der Waals surface area (Å²) in [5.74, 6) is -0.588. The number of aromatic nitrogens is 3. The van der Waals surface area contributed by atoms with Crippen LogP contribution in [0, 0.1) is 22.7 Å². The molecule has 2 aromatic heterocycles. The Morgan fingerprint density at radius 1 is 1.17 bits per heavy atom. The summed E-state index contributed by atoms with van der Waals surface area (Å²) in [7, 11) is 0. The monoisotopic (exact) mass is 383 g/mol.